The Kier molecular flexibility index (Phi) is 4.63. The Bertz CT molecular complexity index is 1120. The van der Waals surface area contributed by atoms with Crippen molar-refractivity contribution in [1.82, 2.24) is 4.98 Å². The van der Waals surface area contributed by atoms with Gasteiger partial charge in [0.2, 0.25) is 11.7 Å². The molecule has 0 atom stereocenters. The molecule has 0 saturated heterocycles. The van der Waals surface area contributed by atoms with E-state index in [1.807, 2.05) is 18.2 Å². The van der Waals surface area contributed by atoms with E-state index in [0.29, 0.717) is 28.4 Å². The number of allylic oxidation sites excluding steroid dienone is 1. The van der Waals surface area contributed by atoms with Crippen molar-refractivity contribution in [2.24, 2.45) is 0 Å². The first kappa shape index (κ1) is 17.9. The highest BCUT2D eigenvalue weighted by atomic mass is 16.5. The van der Waals surface area contributed by atoms with E-state index in [1.165, 1.54) is 11.8 Å². The van der Waals surface area contributed by atoms with Gasteiger partial charge in [0, 0.05) is 17.9 Å². The number of aromatic nitrogens is 1. The van der Waals surface area contributed by atoms with Gasteiger partial charge in [-0.05, 0) is 42.5 Å². The molecule has 140 valence electrons. The van der Waals surface area contributed by atoms with Crippen molar-refractivity contribution in [3.8, 4) is 5.75 Å². The van der Waals surface area contributed by atoms with Gasteiger partial charge in [-0.25, -0.2) is 4.98 Å². The molecule has 0 radical (unpaired) electrons. The van der Waals surface area contributed by atoms with E-state index >= 15 is 0 Å². The molecule has 0 fully saturated rings. The zero-order chi connectivity index (χ0) is 19.7. The molecule has 1 N–H and O–H groups in total. The molecule has 2 aromatic carbocycles. The summed E-state index contributed by atoms with van der Waals surface area (Å²) in [6.07, 6.45) is 1.64. The van der Waals surface area contributed by atoms with Crippen LogP contribution in [0, 0.1) is 0 Å². The van der Waals surface area contributed by atoms with Gasteiger partial charge in [0.15, 0.2) is 0 Å². The highest BCUT2D eigenvalue weighted by Gasteiger charge is 2.34. The normalized spacial score (nSPS) is 14.6. The SMILES string of the molecule is CC(=O)N1/C(=C\c2ccc3cc(OCCO)ccc3n2)C(=O)c2ccccc21. The summed E-state index contributed by atoms with van der Waals surface area (Å²) in [5.74, 6) is 0.232. The lowest BCUT2D eigenvalue weighted by molar-refractivity contribution is -0.116. The highest BCUT2D eigenvalue weighted by molar-refractivity contribution is 6.26. The number of hydrogen-bond acceptors (Lipinski definition) is 5. The minimum atomic E-state index is -0.226. The summed E-state index contributed by atoms with van der Waals surface area (Å²) in [6, 6.07) is 16.2. The summed E-state index contributed by atoms with van der Waals surface area (Å²) in [6.45, 7) is 1.61. The number of nitrogens with zero attached hydrogens (tertiary/aromatic N) is 2. The Morgan fingerprint density at radius 3 is 2.79 bits per heavy atom. The van der Waals surface area contributed by atoms with E-state index in [4.69, 9.17) is 9.84 Å². The van der Waals surface area contributed by atoms with Crippen molar-refractivity contribution < 1.29 is 19.4 Å². The minimum absolute atomic E-state index is 0.0497. The monoisotopic (exact) mass is 374 g/mol. The average molecular weight is 374 g/mol. The lowest BCUT2D eigenvalue weighted by Crippen LogP contribution is -2.25. The number of hydrogen-bond donors (Lipinski definition) is 1. The summed E-state index contributed by atoms with van der Waals surface area (Å²) >= 11 is 0. The van der Waals surface area contributed by atoms with Crippen LogP contribution in [-0.2, 0) is 4.79 Å². The molecular formula is C22H18N2O4. The van der Waals surface area contributed by atoms with Gasteiger partial charge in [-0.2, -0.15) is 0 Å². The second kappa shape index (κ2) is 7.25. The van der Waals surface area contributed by atoms with Crippen LogP contribution < -0.4 is 9.64 Å². The second-order valence-electron chi connectivity index (χ2n) is 6.39. The molecule has 6 heteroatoms. The highest BCUT2D eigenvalue weighted by Crippen LogP contribution is 2.35. The largest absolute Gasteiger partial charge is 0.491 e. The summed E-state index contributed by atoms with van der Waals surface area (Å²) in [5, 5.41) is 9.74. The molecular weight excluding hydrogens is 356 g/mol. The zero-order valence-electron chi connectivity index (χ0n) is 15.3. The summed E-state index contributed by atoms with van der Waals surface area (Å²) in [5.41, 5.74) is 2.72. The van der Waals surface area contributed by atoms with Gasteiger partial charge in [0.1, 0.15) is 12.4 Å². The number of benzene rings is 2. The molecule has 3 aromatic rings. The number of carbonyl (C=O) groups excluding carboxylic acids is 2. The van der Waals surface area contributed by atoms with Crippen molar-refractivity contribution in [1.29, 1.82) is 0 Å². The number of rotatable bonds is 4. The Morgan fingerprint density at radius 2 is 2.00 bits per heavy atom. The van der Waals surface area contributed by atoms with Crippen LogP contribution in [-0.4, -0.2) is 35.0 Å². The zero-order valence-corrected chi connectivity index (χ0v) is 15.3. The van der Waals surface area contributed by atoms with Crippen LogP contribution in [0.1, 0.15) is 23.0 Å². The van der Waals surface area contributed by atoms with Crippen molar-refractivity contribution in [3.05, 3.63) is 71.6 Å². The fourth-order valence-corrected chi connectivity index (χ4v) is 3.29. The molecule has 28 heavy (non-hydrogen) atoms. The molecule has 0 spiro atoms. The molecule has 2 heterocycles. The Balaban J connectivity index is 1.72. The number of para-hydroxylation sites is 1. The number of fused-ring (bicyclic) bond motifs is 2. The number of aliphatic hydroxyl groups excluding tert-OH is 1. The van der Waals surface area contributed by atoms with Crippen LogP contribution in [0.5, 0.6) is 5.75 Å². The van der Waals surface area contributed by atoms with Crippen LogP contribution in [0.15, 0.2) is 60.3 Å². The van der Waals surface area contributed by atoms with Gasteiger partial charge in [-0.3, -0.25) is 14.5 Å². The third kappa shape index (κ3) is 3.14. The number of ether oxygens (including phenoxy) is 1. The van der Waals surface area contributed by atoms with E-state index < -0.39 is 0 Å². The molecule has 0 bridgehead atoms. The Hall–Kier alpha value is -3.51. The standard InChI is InChI=1S/C22H18N2O4/c1-14(26)24-20-5-3-2-4-18(20)22(27)21(24)13-16-7-6-15-12-17(28-11-10-25)8-9-19(15)23-16/h2-9,12-13,25H,10-11H2,1H3/b21-13-. The van der Waals surface area contributed by atoms with E-state index in [0.717, 1.165) is 10.9 Å². The van der Waals surface area contributed by atoms with Gasteiger partial charge >= 0.3 is 0 Å². The molecule has 1 aliphatic heterocycles. The van der Waals surface area contributed by atoms with Crippen LogP contribution >= 0.6 is 0 Å². The molecule has 0 aliphatic carbocycles. The number of pyridine rings is 1. The van der Waals surface area contributed by atoms with Crippen LogP contribution in [0.2, 0.25) is 0 Å². The maximum absolute atomic E-state index is 12.8. The van der Waals surface area contributed by atoms with Gasteiger partial charge in [0.05, 0.1) is 29.2 Å². The van der Waals surface area contributed by atoms with Crippen molar-refractivity contribution in [3.63, 3.8) is 0 Å². The molecule has 1 aliphatic rings. The lowest BCUT2D eigenvalue weighted by atomic mass is 10.1. The van der Waals surface area contributed by atoms with Crippen LogP contribution in [0.3, 0.4) is 0 Å². The number of aliphatic hydroxyl groups is 1. The van der Waals surface area contributed by atoms with Gasteiger partial charge in [-0.15, -0.1) is 0 Å². The van der Waals surface area contributed by atoms with Gasteiger partial charge in [-0.1, -0.05) is 18.2 Å². The third-order valence-electron chi connectivity index (χ3n) is 4.50. The molecule has 1 aromatic heterocycles. The predicted octanol–water partition coefficient (Wildman–Crippen LogP) is 3.20. The number of Topliss-reactive ketones (excluding diaryl/α,β-unsaturated/α-hetero) is 1. The van der Waals surface area contributed by atoms with Crippen molar-refractivity contribution >= 4 is 34.4 Å². The molecule has 4 rings (SSSR count). The first-order chi connectivity index (χ1) is 13.6. The molecule has 6 nitrogen and oxygen atoms in total. The molecule has 0 saturated carbocycles. The number of ketones is 1. The molecule has 1 amide bonds. The predicted molar refractivity (Wildman–Crippen MR) is 106 cm³/mol. The molecule has 0 unspecified atom stereocenters. The Labute approximate surface area is 161 Å². The van der Waals surface area contributed by atoms with Crippen molar-refractivity contribution in [2.75, 3.05) is 18.1 Å². The quantitative estimate of drug-likeness (QED) is 0.710. The third-order valence-corrected chi connectivity index (χ3v) is 4.50. The number of carbonyl (C=O) groups is 2. The number of amides is 1. The van der Waals surface area contributed by atoms with Crippen LogP contribution in [0.25, 0.3) is 17.0 Å². The van der Waals surface area contributed by atoms with Gasteiger partial charge < -0.3 is 9.84 Å². The van der Waals surface area contributed by atoms with Crippen molar-refractivity contribution in [2.45, 2.75) is 6.92 Å². The lowest BCUT2D eigenvalue weighted by Gasteiger charge is -2.15. The van der Waals surface area contributed by atoms with E-state index in [2.05, 4.69) is 4.98 Å². The Morgan fingerprint density at radius 1 is 1.18 bits per heavy atom. The van der Waals surface area contributed by atoms with Gasteiger partial charge in [0.25, 0.3) is 0 Å². The smallest absolute Gasteiger partial charge is 0.228 e. The first-order valence-electron chi connectivity index (χ1n) is 8.89. The second-order valence-corrected chi connectivity index (χ2v) is 6.39. The maximum atomic E-state index is 12.8. The van der Waals surface area contributed by atoms with E-state index in [1.54, 1.807) is 42.5 Å². The van der Waals surface area contributed by atoms with E-state index in [-0.39, 0.29) is 24.9 Å². The summed E-state index contributed by atoms with van der Waals surface area (Å²) < 4.78 is 5.41. The minimum Gasteiger partial charge on any atom is -0.491 e. The summed E-state index contributed by atoms with van der Waals surface area (Å²) in [7, 11) is 0. The number of anilines is 1. The maximum Gasteiger partial charge on any atom is 0.228 e. The fraction of sp³-hybridized carbons (Fsp3) is 0.136. The topological polar surface area (TPSA) is 79.7 Å². The average Bonchev–Trinajstić information content (AvgIpc) is 2.98. The fourth-order valence-electron chi connectivity index (χ4n) is 3.29. The van der Waals surface area contributed by atoms with E-state index in [9.17, 15) is 9.59 Å². The van der Waals surface area contributed by atoms with Crippen LogP contribution in [0.4, 0.5) is 5.69 Å². The first-order valence-corrected chi connectivity index (χ1v) is 8.89. The summed E-state index contributed by atoms with van der Waals surface area (Å²) in [4.78, 5) is 31.0.